The van der Waals surface area contributed by atoms with Gasteiger partial charge in [0.05, 0.1) is 5.01 Å². The summed E-state index contributed by atoms with van der Waals surface area (Å²) in [5.74, 6) is 0. The standard InChI is InChI=1S/C9H16N2S/c1-4-9-11-6-8(12-9)5-10-7(2)3/h6-7,10H,4-5H2,1-3H3. The Bertz CT molecular complexity index is 230. The van der Waals surface area contributed by atoms with Crippen LogP contribution in [0.2, 0.25) is 0 Å². The largest absolute Gasteiger partial charge is 0.310 e. The first-order valence-corrected chi connectivity index (χ1v) is 5.21. The lowest BCUT2D eigenvalue weighted by atomic mass is 10.4. The van der Waals surface area contributed by atoms with Gasteiger partial charge in [0.1, 0.15) is 0 Å². The second-order valence-electron chi connectivity index (χ2n) is 3.11. The molecule has 0 aliphatic heterocycles. The van der Waals surface area contributed by atoms with Crippen molar-refractivity contribution in [2.24, 2.45) is 0 Å². The van der Waals surface area contributed by atoms with Crippen molar-refractivity contribution in [3.63, 3.8) is 0 Å². The van der Waals surface area contributed by atoms with Gasteiger partial charge in [0.2, 0.25) is 0 Å². The van der Waals surface area contributed by atoms with Crippen LogP contribution in [0.15, 0.2) is 6.20 Å². The van der Waals surface area contributed by atoms with Gasteiger partial charge in [0.25, 0.3) is 0 Å². The highest BCUT2D eigenvalue weighted by atomic mass is 32.1. The zero-order valence-corrected chi connectivity index (χ0v) is 8.74. The van der Waals surface area contributed by atoms with Crippen LogP contribution in [0.25, 0.3) is 0 Å². The first-order chi connectivity index (χ1) is 5.72. The van der Waals surface area contributed by atoms with Gasteiger partial charge < -0.3 is 5.32 Å². The fourth-order valence-electron chi connectivity index (χ4n) is 0.898. The lowest BCUT2D eigenvalue weighted by Crippen LogP contribution is -2.21. The van der Waals surface area contributed by atoms with E-state index in [1.165, 1.54) is 9.88 Å². The average Bonchev–Trinajstić information content (AvgIpc) is 2.48. The molecule has 0 radical (unpaired) electrons. The maximum absolute atomic E-state index is 4.29. The fraction of sp³-hybridized carbons (Fsp3) is 0.667. The maximum atomic E-state index is 4.29. The van der Waals surface area contributed by atoms with Gasteiger partial charge in [-0.15, -0.1) is 11.3 Å². The van der Waals surface area contributed by atoms with Crippen molar-refractivity contribution in [1.29, 1.82) is 0 Å². The number of aryl methyl sites for hydroxylation is 1. The molecular weight excluding hydrogens is 168 g/mol. The molecule has 0 saturated carbocycles. The molecule has 1 N–H and O–H groups in total. The number of hydrogen-bond donors (Lipinski definition) is 1. The third-order valence-corrected chi connectivity index (χ3v) is 2.73. The molecule has 12 heavy (non-hydrogen) atoms. The summed E-state index contributed by atoms with van der Waals surface area (Å²) in [6, 6.07) is 0.553. The van der Waals surface area contributed by atoms with Crippen molar-refractivity contribution < 1.29 is 0 Å². The molecule has 0 fully saturated rings. The molecule has 68 valence electrons. The van der Waals surface area contributed by atoms with Gasteiger partial charge in [0.15, 0.2) is 0 Å². The molecule has 0 spiro atoms. The van der Waals surface area contributed by atoms with Crippen LogP contribution in [0.4, 0.5) is 0 Å². The minimum absolute atomic E-state index is 0.553. The summed E-state index contributed by atoms with van der Waals surface area (Å²) in [5, 5.41) is 4.60. The fourth-order valence-corrected chi connectivity index (χ4v) is 1.71. The molecule has 1 rings (SSSR count). The van der Waals surface area contributed by atoms with E-state index in [-0.39, 0.29) is 0 Å². The smallest absolute Gasteiger partial charge is 0.0925 e. The summed E-state index contributed by atoms with van der Waals surface area (Å²) >= 11 is 1.80. The number of rotatable bonds is 4. The minimum atomic E-state index is 0.553. The van der Waals surface area contributed by atoms with Crippen molar-refractivity contribution in [2.75, 3.05) is 0 Å². The number of nitrogens with one attached hydrogen (secondary N) is 1. The van der Waals surface area contributed by atoms with Gasteiger partial charge in [-0.1, -0.05) is 20.8 Å². The topological polar surface area (TPSA) is 24.9 Å². The molecule has 2 nitrogen and oxygen atoms in total. The van der Waals surface area contributed by atoms with Gasteiger partial charge >= 0.3 is 0 Å². The summed E-state index contributed by atoms with van der Waals surface area (Å²) in [5.41, 5.74) is 0. The van der Waals surface area contributed by atoms with E-state index in [9.17, 15) is 0 Å². The van der Waals surface area contributed by atoms with Crippen LogP contribution >= 0.6 is 11.3 Å². The van der Waals surface area contributed by atoms with Crippen LogP contribution < -0.4 is 5.32 Å². The summed E-state index contributed by atoms with van der Waals surface area (Å²) in [6.07, 6.45) is 3.02. The zero-order chi connectivity index (χ0) is 8.97. The maximum Gasteiger partial charge on any atom is 0.0925 e. The molecule has 1 aromatic rings. The number of nitrogens with zero attached hydrogens (tertiary/aromatic N) is 1. The Hall–Kier alpha value is -0.410. The molecule has 0 aliphatic carbocycles. The molecule has 0 bridgehead atoms. The highest BCUT2D eigenvalue weighted by molar-refractivity contribution is 7.11. The van der Waals surface area contributed by atoms with Crippen LogP contribution in [0.3, 0.4) is 0 Å². The summed E-state index contributed by atoms with van der Waals surface area (Å²) in [4.78, 5) is 5.62. The SMILES string of the molecule is CCc1ncc(CNC(C)C)s1. The van der Waals surface area contributed by atoms with Gasteiger partial charge in [-0.3, -0.25) is 0 Å². The van der Waals surface area contributed by atoms with Crippen molar-refractivity contribution in [3.8, 4) is 0 Å². The van der Waals surface area contributed by atoms with E-state index < -0.39 is 0 Å². The molecule has 0 atom stereocenters. The van der Waals surface area contributed by atoms with Gasteiger partial charge in [-0.25, -0.2) is 4.98 Å². The highest BCUT2D eigenvalue weighted by Gasteiger charge is 1.99. The van der Waals surface area contributed by atoms with E-state index in [1.54, 1.807) is 11.3 Å². The normalized spacial score (nSPS) is 11.0. The first-order valence-electron chi connectivity index (χ1n) is 4.39. The second-order valence-corrected chi connectivity index (χ2v) is 4.31. The van der Waals surface area contributed by atoms with Crippen LogP contribution in [-0.2, 0) is 13.0 Å². The Kier molecular flexibility index (Phi) is 3.69. The van der Waals surface area contributed by atoms with E-state index in [0.29, 0.717) is 6.04 Å². The molecule has 0 aromatic carbocycles. The van der Waals surface area contributed by atoms with Gasteiger partial charge in [-0.05, 0) is 6.42 Å². The molecule has 0 amide bonds. The quantitative estimate of drug-likeness (QED) is 0.776. The van der Waals surface area contributed by atoms with Crippen LogP contribution in [0.5, 0.6) is 0 Å². The Morgan fingerprint density at radius 3 is 2.83 bits per heavy atom. The van der Waals surface area contributed by atoms with Gasteiger partial charge in [-0.2, -0.15) is 0 Å². The lowest BCUT2D eigenvalue weighted by molar-refractivity contribution is 0.593. The van der Waals surface area contributed by atoms with Crippen molar-refractivity contribution in [2.45, 2.75) is 39.8 Å². The monoisotopic (exact) mass is 184 g/mol. The predicted octanol–water partition coefficient (Wildman–Crippen LogP) is 2.20. The average molecular weight is 184 g/mol. The van der Waals surface area contributed by atoms with Gasteiger partial charge in [0, 0.05) is 23.7 Å². The van der Waals surface area contributed by atoms with Crippen LogP contribution in [0.1, 0.15) is 30.7 Å². The first kappa shape index (κ1) is 9.68. The summed E-state index contributed by atoms with van der Waals surface area (Å²) < 4.78 is 0. The van der Waals surface area contributed by atoms with Crippen molar-refractivity contribution >= 4 is 11.3 Å². The third kappa shape index (κ3) is 2.91. The Morgan fingerprint density at radius 1 is 1.58 bits per heavy atom. The van der Waals surface area contributed by atoms with E-state index in [1.807, 2.05) is 6.20 Å². The highest BCUT2D eigenvalue weighted by Crippen LogP contribution is 2.12. The molecule has 0 aliphatic rings. The van der Waals surface area contributed by atoms with E-state index in [0.717, 1.165) is 13.0 Å². The van der Waals surface area contributed by atoms with Crippen molar-refractivity contribution in [3.05, 3.63) is 16.1 Å². The van der Waals surface area contributed by atoms with Crippen molar-refractivity contribution in [1.82, 2.24) is 10.3 Å². The Labute approximate surface area is 78.0 Å². The summed E-state index contributed by atoms with van der Waals surface area (Å²) in [6.45, 7) is 7.40. The Balaban J connectivity index is 2.41. The van der Waals surface area contributed by atoms with E-state index in [4.69, 9.17) is 0 Å². The molecule has 1 aromatic heterocycles. The minimum Gasteiger partial charge on any atom is -0.310 e. The molecular formula is C9H16N2S. The predicted molar refractivity (Wildman–Crippen MR) is 53.5 cm³/mol. The van der Waals surface area contributed by atoms with E-state index >= 15 is 0 Å². The second kappa shape index (κ2) is 4.58. The number of thiazole rings is 1. The number of hydrogen-bond acceptors (Lipinski definition) is 3. The van der Waals surface area contributed by atoms with Crippen LogP contribution in [-0.4, -0.2) is 11.0 Å². The zero-order valence-electron chi connectivity index (χ0n) is 7.92. The Morgan fingerprint density at radius 2 is 2.33 bits per heavy atom. The molecule has 1 heterocycles. The molecule has 0 unspecified atom stereocenters. The van der Waals surface area contributed by atoms with E-state index in [2.05, 4.69) is 31.1 Å². The molecule has 0 saturated heterocycles. The third-order valence-electron chi connectivity index (χ3n) is 1.59. The lowest BCUT2D eigenvalue weighted by Gasteiger charge is -2.04. The van der Waals surface area contributed by atoms with Crippen LogP contribution in [0, 0.1) is 0 Å². The molecule has 3 heteroatoms. The number of aromatic nitrogens is 1. The summed E-state index contributed by atoms with van der Waals surface area (Å²) in [7, 11) is 0.